The van der Waals surface area contributed by atoms with Crippen molar-refractivity contribution in [3.8, 4) is 0 Å². The maximum Gasteiger partial charge on any atom is 0.221 e. The van der Waals surface area contributed by atoms with Crippen LogP contribution in [0.25, 0.3) is 0 Å². The molecule has 6 heteroatoms. The van der Waals surface area contributed by atoms with E-state index in [-0.39, 0.29) is 5.91 Å². The zero-order valence-electron chi connectivity index (χ0n) is 15.5. The predicted octanol–water partition coefficient (Wildman–Crippen LogP) is 4.21. The summed E-state index contributed by atoms with van der Waals surface area (Å²) in [6.07, 6.45) is 1.56. The van der Waals surface area contributed by atoms with Crippen LogP contribution < -0.4 is 15.5 Å². The quantitative estimate of drug-likeness (QED) is 0.660. The monoisotopic (exact) mass is 361 g/mol. The minimum Gasteiger partial charge on any atom is -0.352 e. The van der Waals surface area contributed by atoms with Gasteiger partial charge in [0.25, 0.3) is 0 Å². The van der Waals surface area contributed by atoms with Gasteiger partial charge >= 0.3 is 0 Å². The van der Waals surface area contributed by atoms with Crippen LogP contribution in [0.2, 0.25) is 0 Å². The van der Waals surface area contributed by atoms with Gasteiger partial charge in [-0.05, 0) is 30.7 Å². The first-order chi connectivity index (χ1) is 13.1. The molecule has 3 aromatic rings. The van der Waals surface area contributed by atoms with Gasteiger partial charge in [0.1, 0.15) is 18.0 Å². The summed E-state index contributed by atoms with van der Waals surface area (Å²) in [5, 5.41) is 6.05. The zero-order valence-corrected chi connectivity index (χ0v) is 15.5. The van der Waals surface area contributed by atoms with Crippen LogP contribution in [-0.4, -0.2) is 22.4 Å². The fourth-order valence-electron chi connectivity index (χ4n) is 2.77. The minimum absolute atomic E-state index is 0.101. The van der Waals surface area contributed by atoms with E-state index < -0.39 is 0 Å². The molecule has 6 nitrogen and oxygen atoms in total. The fraction of sp³-hybridized carbons (Fsp3) is 0.190. The summed E-state index contributed by atoms with van der Waals surface area (Å²) in [5.41, 5.74) is 2.81. The third-order valence-electron chi connectivity index (χ3n) is 4.03. The van der Waals surface area contributed by atoms with Gasteiger partial charge in [-0.25, -0.2) is 9.97 Å². The number of carbonyl (C=O) groups excluding carboxylic acids is 1. The summed E-state index contributed by atoms with van der Waals surface area (Å²) in [4.78, 5) is 22.2. The Morgan fingerprint density at radius 1 is 1.00 bits per heavy atom. The van der Waals surface area contributed by atoms with E-state index in [0.717, 1.165) is 30.3 Å². The van der Waals surface area contributed by atoms with Crippen LogP contribution in [0.3, 0.4) is 0 Å². The molecule has 0 fully saturated rings. The first-order valence-corrected chi connectivity index (χ1v) is 8.89. The number of aromatic nitrogens is 2. The number of nitrogens with zero attached hydrogens (tertiary/aromatic N) is 3. The Labute approximate surface area is 159 Å². The summed E-state index contributed by atoms with van der Waals surface area (Å²) in [7, 11) is 0. The van der Waals surface area contributed by atoms with Crippen molar-refractivity contribution in [1.29, 1.82) is 0 Å². The van der Waals surface area contributed by atoms with E-state index in [2.05, 4.69) is 44.6 Å². The van der Waals surface area contributed by atoms with Crippen molar-refractivity contribution in [2.24, 2.45) is 0 Å². The highest BCUT2D eigenvalue weighted by molar-refractivity contribution is 5.89. The molecule has 0 aliphatic carbocycles. The second-order valence-corrected chi connectivity index (χ2v) is 6.15. The predicted molar refractivity (Wildman–Crippen MR) is 109 cm³/mol. The maximum absolute atomic E-state index is 11.2. The molecule has 0 saturated heterocycles. The number of hydrogen-bond donors (Lipinski definition) is 2. The summed E-state index contributed by atoms with van der Waals surface area (Å²) >= 11 is 0. The zero-order chi connectivity index (χ0) is 19.1. The lowest BCUT2D eigenvalue weighted by Gasteiger charge is -2.22. The van der Waals surface area contributed by atoms with Crippen molar-refractivity contribution < 1.29 is 4.79 Å². The first kappa shape index (κ1) is 18.4. The number of rotatable bonds is 7. The van der Waals surface area contributed by atoms with Gasteiger partial charge in [-0.15, -0.1) is 0 Å². The Kier molecular flexibility index (Phi) is 5.99. The second kappa shape index (κ2) is 8.80. The topological polar surface area (TPSA) is 70.2 Å². The molecule has 0 aliphatic heterocycles. The number of hydrogen-bond acceptors (Lipinski definition) is 5. The molecule has 27 heavy (non-hydrogen) atoms. The molecule has 0 bridgehead atoms. The van der Waals surface area contributed by atoms with Crippen molar-refractivity contribution in [2.75, 3.05) is 22.1 Å². The SMILES string of the molecule is CCN(Cc1ccccc1)c1cc(Nc2cccc(NC(C)=O)c2)ncn1. The molecule has 0 atom stereocenters. The normalized spacial score (nSPS) is 10.3. The van der Waals surface area contributed by atoms with Gasteiger partial charge < -0.3 is 15.5 Å². The smallest absolute Gasteiger partial charge is 0.221 e. The molecule has 1 heterocycles. The van der Waals surface area contributed by atoms with Crippen molar-refractivity contribution in [1.82, 2.24) is 9.97 Å². The second-order valence-electron chi connectivity index (χ2n) is 6.15. The Morgan fingerprint density at radius 3 is 2.52 bits per heavy atom. The molecular weight excluding hydrogens is 338 g/mol. The molecule has 0 unspecified atom stereocenters. The van der Waals surface area contributed by atoms with E-state index >= 15 is 0 Å². The van der Waals surface area contributed by atoms with Crippen molar-refractivity contribution in [2.45, 2.75) is 20.4 Å². The first-order valence-electron chi connectivity index (χ1n) is 8.89. The number of nitrogens with one attached hydrogen (secondary N) is 2. The largest absolute Gasteiger partial charge is 0.352 e. The number of amides is 1. The van der Waals surface area contributed by atoms with E-state index in [9.17, 15) is 4.79 Å². The van der Waals surface area contributed by atoms with Crippen LogP contribution in [0.4, 0.5) is 23.0 Å². The van der Waals surface area contributed by atoms with Crippen LogP contribution in [-0.2, 0) is 11.3 Å². The molecule has 1 amide bonds. The van der Waals surface area contributed by atoms with Gasteiger partial charge in [0.2, 0.25) is 5.91 Å². The Balaban J connectivity index is 1.75. The molecule has 0 saturated carbocycles. The third kappa shape index (κ3) is 5.28. The van der Waals surface area contributed by atoms with E-state index in [0.29, 0.717) is 5.82 Å². The van der Waals surface area contributed by atoms with Crippen LogP contribution in [0.1, 0.15) is 19.4 Å². The highest BCUT2D eigenvalue weighted by Gasteiger charge is 2.09. The van der Waals surface area contributed by atoms with Gasteiger partial charge in [-0.1, -0.05) is 36.4 Å². The van der Waals surface area contributed by atoms with Crippen LogP contribution in [0.5, 0.6) is 0 Å². The van der Waals surface area contributed by atoms with Crippen molar-refractivity contribution >= 4 is 28.9 Å². The van der Waals surface area contributed by atoms with Crippen LogP contribution >= 0.6 is 0 Å². The molecule has 2 N–H and O–H groups in total. The van der Waals surface area contributed by atoms with Gasteiger partial charge in [0.15, 0.2) is 0 Å². The highest BCUT2D eigenvalue weighted by Crippen LogP contribution is 2.22. The lowest BCUT2D eigenvalue weighted by atomic mass is 10.2. The molecule has 0 spiro atoms. The molecular formula is C21H23N5O. The van der Waals surface area contributed by atoms with E-state index in [1.54, 1.807) is 6.33 Å². The van der Waals surface area contributed by atoms with E-state index in [4.69, 9.17) is 0 Å². The van der Waals surface area contributed by atoms with Gasteiger partial charge in [0.05, 0.1) is 0 Å². The summed E-state index contributed by atoms with van der Waals surface area (Å²) in [6.45, 7) is 5.22. The van der Waals surface area contributed by atoms with Crippen LogP contribution in [0.15, 0.2) is 67.0 Å². The minimum atomic E-state index is -0.101. The lowest BCUT2D eigenvalue weighted by molar-refractivity contribution is -0.114. The Morgan fingerprint density at radius 2 is 1.78 bits per heavy atom. The number of benzene rings is 2. The van der Waals surface area contributed by atoms with Gasteiger partial charge in [0, 0.05) is 37.5 Å². The Bertz CT molecular complexity index is 898. The molecule has 0 aliphatic rings. The highest BCUT2D eigenvalue weighted by atomic mass is 16.1. The average Bonchev–Trinajstić information content (AvgIpc) is 2.67. The van der Waals surface area contributed by atoms with Crippen LogP contribution in [0, 0.1) is 0 Å². The molecule has 138 valence electrons. The maximum atomic E-state index is 11.2. The third-order valence-corrected chi connectivity index (χ3v) is 4.03. The van der Waals surface area contributed by atoms with Crippen molar-refractivity contribution in [3.05, 3.63) is 72.6 Å². The van der Waals surface area contributed by atoms with E-state index in [1.165, 1.54) is 12.5 Å². The summed E-state index contributed by atoms with van der Waals surface area (Å²) in [6, 6.07) is 19.8. The molecule has 1 aromatic heterocycles. The standard InChI is InChI=1S/C21H23N5O/c1-3-26(14-17-8-5-4-6-9-17)21-13-20(22-15-23-21)25-19-11-7-10-18(12-19)24-16(2)27/h4-13,15H,3,14H2,1-2H3,(H,24,27)(H,22,23,25). The van der Waals surface area contributed by atoms with E-state index in [1.807, 2.05) is 48.5 Å². The molecule has 2 aromatic carbocycles. The van der Waals surface area contributed by atoms with Crippen molar-refractivity contribution in [3.63, 3.8) is 0 Å². The summed E-state index contributed by atoms with van der Waals surface area (Å²) in [5.74, 6) is 1.46. The fourth-order valence-corrected chi connectivity index (χ4v) is 2.77. The Hall–Kier alpha value is -3.41. The molecule has 3 rings (SSSR count). The summed E-state index contributed by atoms with van der Waals surface area (Å²) < 4.78 is 0. The lowest BCUT2D eigenvalue weighted by Crippen LogP contribution is -2.23. The molecule has 0 radical (unpaired) electrons. The number of carbonyl (C=O) groups is 1. The van der Waals surface area contributed by atoms with Gasteiger partial charge in [-0.2, -0.15) is 0 Å². The number of anilines is 4. The average molecular weight is 361 g/mol. The van der Waals surface area contributed by atoms with Gasteiger partial charge in [-0.3, -0.25) is 4.79 Å².